The zero-order chi connectivity index (χ0) is 22.3. The van der Waals surface area contributed by atoms with Crippen LogP contribution in [-0.2, 0) is 27.5 Å². The number of carbonyl (C=O) groups is 1. The summed E-state index contributed by atoms with van der Waals surface area (Å²) in [5, 5.41) is 0. The SMILES string of the molecule is COC(=O)c1ccc2nc(CN(C)S(=O)(=O)c3c(C)cccc3C(F)(F)F)[nH]c2c1. The Bertz CT molecular complexity index is 1220. The second-order valence-electron chi connectivity index (χ2n) is 6.62. The van der Waals surface area contributed by atoms with E-state index in [1.807, 2.05) is 0 Å². The molecular formula is C19H18F3N3O4S. The van der Waals surface area contributed by atoms with E-state index in [-0.39, 0.29) is 23.5 Å². The lowest BCUT2D eigenvalue weighted by atomic mass is 10.1. The third kappa shape index (κ3) is 4.03. The fourth-order valence-corrected chi connectivity index (χ4v) is 4.59. The maximum Gasteiger partial charge on any atom is 0.417 e. The standard InChI is InChI=1S/C19H18F3N3O4S/c1-11-5-4-6-13(19(20,21)22)17(11)30(27,28)25(2)10-16-23-14-8-7-12(18(26)29-3)9-15(14)24-16/h4-9H,10H2,1-3H3,(H,23,24). The number of carbonyl (C=O) groups excluding carboxylic acids is 1. The normalized spacial score (nSPS) is 12.5. The lowest BCUT2D eigenvalue weighted by Crippen LogP contribution is -2.29. The molecule has 0 amide bonds. The van der Waals surface area contributed by atoms with Gasteiger partial charge in [-0.25, -0.2) is 18.2 Å². The monoisotopic (exact) mass is 441 g/mol. The molecule has 0 fully saturated rings. The van der Waals surface area contributed by atoms with Crippen LogP contribution in [0.25, 0.3) is 11.0 Å². The van der Waals surface area contributed by atoms with Gasteiger partial charge in [-0.3, -0.25) is 0 Å². The highest BCUT2D eigenvalue weighted by molar-refractivity contribution is 7.89. The maximum atomic E-state index is 13.4. The molecule has 0 aliphatic carbocycles. The number of ether oxygens (including phenoxy) is 1. The predicted octanol–water partition coefficient (Wildman–Crippen LogP) is 3.50. The smallest absolute Gasteiger partial charge is 0.417 e. The lowest BCUT2D eigenvalue weighted by Gasteiger charge is -2.21. The van der Waals surface area contributed by atoms with Crippen molar-refractivity contribution < 1.29 is 31.1 Å². The van der Waals surface area contributed by atoms with Crippen molar-refractivity contribution >= 4 is 27.0 Å². The number of hydrogen-bond donors (Lipinski definition) is 1. The number of esters is 1. The van der Waals surface area contributed by atoms with Crippen LogP contribution < -0.4 is 0 Å². The van der Waals surface area contributed by atoms with Gasteiger partial charge in [-0.05, 0) is 36.8 Å². The molecule has 3 aromatic rings. The minimum absolute atomic E-state index is 0.0102. The molecule has 160 valence electrons. The summed E-state index contributed by atoms with van der Waals surface area (Å²) in [6.45, 7) is 1.02. The van der Waals surface area contributed by atoms with E-state index in [0.717, 1.165) is 16.4 Å². The number of sulfonamides is 1. The number of methoxy groups -OCH3 is 1. The summed E-state index contributed by atoms with van der Waals surface area (Å²) in [4.78, 5) is 18.0. The van der Waals surface area contributed by atoms with Gasteiger partial charge in [0, 0.05) is 7.05 Å². The number of imidazole rings is 1. The van der Waals surface area contributed by atoms with E-state index in [1.165, 1.54) is 39.3 Å². The number of rotatable bonds is 5. The molecule has 0 saturated heterocycles. The highest BCUT2D eigenvalue weighted by atomic mass is 32.2. The third-order valence-corrected chi connectivity index (χ3v) is 6.52. The molecule has 1 N–H and O–H groups in total. The Morgan fingerprint density at radius 1 is 1.23 bits per heavy atom. The Morgan fingerprint density at radius 3 is 2.57 bits per heavy atom. The molecule has 0 spiro atoms. The number of aromatic amines is 1. The Kier molecular flexibility index (Phi) is 5.61. The van der Waals surface area contributed by atoms with Crippen LogP contribution in [0.15, 0.2) is 41.3 Å². The van der Waals surface area contributed by atoms with Crippen molar-refractivity contribution in [2.75, 3.05) is 14.2 Å². The van der Waals surface area contributed by atoms with Gasteiger partial charge in [0.2, 0.25) is 10.0 Å². The average molecular weight is 441 g/mol. The number of benzene rings is 2. The molecule has 3 rings (SSSR count). The molecule has 0 atom stereocenters. The summed E-state index contributed by atoms with van der Waals surface area (Å²) >= 11 is 0. The quantitative estimate of drug-likeness (QED) is 0.612. The van der Waals surface area contributed by atoms with Gasteiger partial charge in [0.1, 0.15) is 5.82 Å². The Labute approximate surface area is 170 Å². The third-order valence-electron chi connectivity index (χ3n) is 4.51. The number of H-pyrrole nitrogens is 1. The number of aryl methyl sites for hydroxylation is 1. The van der Waals surface area contributed by atoms with Crippen LogP contribution in [0.4, 0.5) is 13.2 Å². The van der Waals surface area contributed by atoms with Crippen LogP contribution in [-0.4, -0.2) is 42.8 Å². The highest BCUT2D eigenvalue weighted by Gasteiger charge is 2.39. The zero-order valence-electron chi connectivity index (χ0n) is 16.2. The second-order valence-corrected chi connectivity index (χ2v) is 8.60. The lowest BCUT2D eigenvalue weighted by molar-refractivity contribution is -0.140. The van der Waals surface area contributed by atoms with Crippen molar-refractivity contribution in [2.45, 2.75) is 24.5 Å². The Morgan fingerprint density at radius 2 is 1.93 bits per heavy atom. The van der Waals surface area contributed by atoms with E-state index in [0.29, 0.717) is 11.0 Å². The first-order valence-corrected chi connectivity index (χ1v) is 10.1. The summed E-state index contributed by atoms with van der Waals surface area (Å²) in [5.41, 5.74) is -0.0255. The Hall–Kier alpha value is -2.92. The predicted molar refractivity (Wildman–Crippen MR) is 102 cm³/mol. The summed E-state index contributed by atoms with van der Waals surface area (Å²) in [5.74, 6) is -0.341. The molecule has 7 nitrogen and oxygen atoms in total. The van der Waals surface area contributed by atoms with Gasteiger partial charge >= 0.3 is 12.1 Å². The van der Waals surface area contributed by atoms with Crippen molar-refractivity contribution in [3.05, 3.63) is 58.9 Å². The van der Waals surface area contributed by atoms with Gasteiger partial charge in [-0.2, -0.15) is 17.5 Å². The molecule has 30 heavy (non-hydrogen) atoms. The second kappa shape index (κ2) is 7.73. The van der Waals surface area contributed by atoms with E-state index in [4.69, 9.17) is 0 Å². The number of nitrogens with one attached hydrogen (secondary N) is 1. The van der Waals surface area contributed by atoms with Crippen molar-refractivity contribution in [1.29, 1.82) is 0 Å². The fourth-order valence-electron chi connectivity index (χ4n) is 3.05. The minimum Gasteiger partial charge on any atom is -0.465 e. The molecule has 1 heterocycles. The Balaban J connectivity index is 1.96. The molecule has 11 heteroatoms. The van der Waals surface area contributed by atoms with Crippen LogP contribution in [0, 0.1) is 6.92 Å². The minimum atomic E-state index is -4.82. The van der Waals surface area contributed by atoms with Crippen LogP contribution in [0.3, 0.4) is 0 Å². The molecule has 0 saturated carbocycles. The fraction of sp³-hybridized carbons (Fsp3) is 0.263. The van der Waals surface area contributed by atoms with Gasteiger partial charge in [0.05, 0.1) is 40.7 Å². The van der Waals surface area contributed by atoms with Crippen molar-refractivity contribution in [3.8, 4) is 0 Å². The number of nitrogens with zero attached hydrogens (tertiary/aromatic N) is 2. The molecule has 0 aliphatic rings. The van der Waals surface area contributed by atoms with Gasteiger partial charge < -0.3 is 9.72 Å². The van der Waals surface area contributed by atoms with E-state index in [2.05, 4.69) is 14.7 Å². The van der Waals surface area contributed by atoms with Crippen molar-refractivity contribution in [1.82, 2.24) is 14.3 Å². The number of halogens is 3. The first kappa shape index (κ1) is 21.8. The summed E-state index contributed by atoms with van der Waals surface area (Å²) in [6.07, 6.45) is -4.82. The number of hydrogen-bond acceptors (Lipinski definition) is 5. The van der Waals surface area contributed by atoms with E-state index < -0.39 is 32.6 Å². The number of fused-ring (bicyclic) bond motifs is 1. The molecule has 0 unspecified atom stereocenters. The van der Waals surface area contributed by atoms with Gasteiger partial charge in [0.15, 0.2) is 0 Å². The van der Waals surface area contributed by atoms with E-state index >= 15 is 0 Å². The largest absolute Gasteiger partial charge is 0.465 e. The molecule has 0 radical (unpaired) electrons. The average Bonchev–Trinajstić information content (AvgIpc) is 3.07. The molecule has 2 aromatic carbocycles. The topological polar surface area (TPSA) is 92.4 Å². The van der Waals surface area contributed by atoms with E-state index in [9.17, 15) is 26.4 Å². The van der Waals surface area contributed by atoms with Crippen LogP contribution in [0.1, 0.15) is 27.3 Å². The molecule has 0 aliphatic heterocycles. The maximum absolute atomic E-state index is 13.4. The number of aromatic nitrogens is 2. The van der Waals surface area contributed by atoms with Crippen LogP contribution in [0.2, 0.25) is 0 Å². The van der Waals surface area contributed by atoms with Crippen LogP contribution in [0.5, 0.6) is 0 Å². The van der Waals surface area contributed by atoms with Crippen molar-refractivity contribution in [3.63, 3.8) is 0 Å². The molecule has 0 bridgehead atoms. The first-order valence-electron chi connectivity index (χ1n) is 8.65. The van der Waals surface area contributed by atoms with Gasteiger partial charge in [-0.15, -0.1) is 0 Å². The highest BCUT2D eigenvalue weighted by Crippen LogP contribution is 2.36. The summed E-state index contributed by atoms with van der Waals surface area (Å²) in [6, 6.07) is 7.76. The van der Waals surface area contributed by atoms with Gasteiger partial charge in [-0.1, -0.05) is 12.1 Å². The van der Waals surface area contributed by atoms with E-state index in [1.54, 1.807) is 6.07 Å². The van der Waals surface area contributed by atoms with Gasteiger partial charge in [0.25, 0.3) is 0 Å². The van der Waals surface area contributed by atoms with Crippen LogP contribution >= 0.6 is 0 Å². The zero-order valence-corrected chi connectivity index (χ0v) is 17.1. The summed E-state index contributed by atoms with van der Waals surface area (Å²) < 4.78 is 71.5. The summed E-state index contributed by atoms with van der Waals surface area (Å²) in [7, 11) is -2.05. The number of alkyl halides is 3. The molecular weight excluding hydrogens is 423 g/mol. The first-order chi connectivity index (χ1) is 13.9. The molecule has 1 aromatic heterocycles. The van der Waals surface area contributed by atoms with Crippen molar-refractivity contribution in [2.24, 2.45) is 0 Å².